The van der Waals surface area contributed by atoms with E-state index in [1.807, 2.05) is 0 Å². The molecule has 0 aromatic heterocycles. The number of halogens is 2. The zero-order valence-corrected chi connectivity index (χ0v) is 27.6. The Morgan fingerprint density at radius 3 is 2.53 bits per heavy atom. The van der Waals surface area contributed by atoms with E-state index in [0.717, 1.165) is 0 Å². The fraction of sp³-hybridized carbons (Fsp3) is 0.226. The molecule has 0 bridgehead atoms. The molecule has 1 heterocycles. The van der Waals surface area contributed by atoms with E-state index >= 15 is 0 Å². The van der Waals surface area contributed by atoms with E-state index in [1.54, 1.807) is 56.3 Å². The van der Waals surface area contributed by atoms with Gasteiger partial charge in [0, 0.05) is 17.8 Å². The molecule has 246 valence electrons. The maximum absolute atomic E-state index is 12.6. The van der Waals surface area contributed by atoms with Crippen LogP contribution in [0.4, 0.5) is 10.5 Å². The molecule has 16 heteroatoms. The Kier molecular flexibility index (Phi) is 11.8. The summed E-state index contributed by atoms with van der Waals surface area (Å²) in [6, 6.07) is 12.8. The Morgan fingerprint density at radius 1 is 1.13 bits per heavy atom. The maximum Gasteiger partial charge on any atom is 0.338 e. The monoisotopic (exact) mass is 729 g/mol. The summed E-state index contributed by atoms with van der Waals surface area (Å²) in [6.45, 7) is 3.19. The number of nitro groups is 1. The number of amides is 3. The van der Waals surface area contributed by atoms with Gasteiger partial charge < -0.3 is 29.6 Å². The Morgan fingerprint density at radius 2 is 1.87 bits per heavy atom. The number of esters is 1. The number of hydrazone groups is 1. The molecule has 47 heavy (non-hydrogen) atoms. The van der Waals surface area contributed by atoms with Crippen molar-refractivity contribution in [2.45, 2.75) is 26.5 Å². The number of urea groups is 1. The van der Waals surface area contributed by atoms with Gasteiger partial charge in [0.25, 0.3) is 11.6 Å². The third-order valence-electron chi connectivity index (χ3n) is 6.60. The van der Waals surface area contributed by atoms with Crippen LogP contribution in [0.5, 0.6) is 17.2 Å². The van der Waals surface area contributed by atoms with Gasteiger partial charge >= 0.3 is 12.0 Å². The van der Waals surface area contributed by atoms with E-state index in [0.29, 0.717) is 32.6 Å². The van der Waals surface area contributed by atoms with Crippen molar-refractivity contribution in [3.8, 4) is 17.2 Å². The molecule has 0 fully saturated rings. The third kappa shape index (κ3) is 8.98. The summed E-state index contributed by atoms with van der Waals surface area (Å²) in [4.78, 5) is 47.6. The largest absolute Gasteiger partial charge is 0.493 e. The summed E-state index contributed by atoms with van der Waals surface area (Å²) in [7, 11) is 1.42. The zero-order valence-electron chi connectivity index (χ0n) is 25.3. The van der Waals surface area contributed by atoms with Crippen molar-refractivity contribution >= 4 is 57.3 Å². The average molecular weight is 731 g/mol. The van der Waals surface area contributed by atoms with Crippen LogP contribution in [0, 0.1) is 10.1 Å². The molecule has 0 radical (unpaired) electrons. The number of rotatable bonds is 13. The van der Waals surface area contributed by atoms with Crippen LogP contribution in [0.2, 0.25) is 5.02 Å². The van der Waals surface area contributed by atoms with Crippen LogP contribution in [0.25, 0.3) is 0 Å². The van der Waals surface area contributed by atoms with Gasteiger partial charge in [-0.05, 0) is 82.9 Å². The second kappa shape index (κ2) is 15.9. The number of hydrogen-bond donors (Lipinski definition) is 3. The van der Waals surface area contributed by atoms with Crippen LogP contribution < -0.4 is 30.3 Å². The normalized spacial score (nSPS) is 14.2. The molecule has 3 amide bonds. The summed E-state index contributed by atoms with van der Waals surface area (Å²) in [6.07, 6.45) is 1.38. The number of nitrogens with zero attached hydrogens (tertiary/aromatic N) is 2. The Hall–Kier alpha value is -5.15. The maximum atomic E-state index is 12.6. The number of nitro benzene ring substituents is 1. The van der Waals surface area contributed by atoms with Crippen molar-refractivity contribution in [1.82, 2.24) is 16.1 Å². The fourth-order valence-electron chi connectivity index (χ4n) is 4.42. The quantitative estimate of drug-likeness (QED) is 0.0909. The van der Waals surface area contributed by atoms with E-state index in [2.05, 4.69) is 37.1 Å². The lowest BCUT2D eigenvalue weighted by Gasteiger charge is -2.28. The molecule has 3 aromatic rings. The minimum Gasteiger partial charge on any atom is -0.493 e. The number of carbonyl (C=O) groups excluding carboxylic acids is 3. The smallest absolute Gasteiger partial charge is 0.338 e. The predicted molar refractivity (Wildman–Crippen MR) is 175 cm³/mol. The minimum absolute atomic E-state index is 0.0194. The van der Waals surface area contributed by atoms with Crippen molar-refractivity contribution < 1.29 is 38.3 Å². The molecule has 0 aliphatic carbocycles. The molecule has 14 nitrogen and oxygen atoms in total. The van der Waals surface area contributed by atoms with E-state index in [1.165, 1.54) is 25.5 Å². The van der Waals surface area contributed by atoms with Crippen LogP contribution in [0.1, 0.15) is 36.6 Å². The van der Waals surface area contributed by atoms with Gasteiger partial charge in [0.15, 0.2) is 23.9 Å². The summed E-state index contributed by atoms with van der Waals surface area (Å²) < 4.78 is 22.5. The second-order valence-corrected chi connectivity index (χ2v) is 11.1. The molecule has 1 aliphatic rings. The summed E-state index contributed by atoms with van der Waals surface area (Å²) in [5.41, 5.74) is 4.77. The molecule has 0 spiro atoms. The predicted octanol–water partition coefficient (Wildman–Crippen LogP) is 5.32. The number of benzene rings is 3. The average Bonchev–Trinajstić information content (AvgIpc) is 3.03. The highest BCUT2D eigenvalue weighted by Crippen LogP contribution is 2.36. The lowest BCUT2D eigenvalue weighted by Crippen LogP contribution is -2.45. The van der Waals surface area contributed by atoms with Crippen LogP contribution in [0.3, 0.4) is 0 Å². The number of methoxy groups -OCH3 is 1. The summed E-state index contributed by atoms with van der Waals surface area (Å²) in [5.74, 6) is -0.255. The molecular weight excluding hydrogens is 702 g/mol. The number of allylic oxidation sites excluding steroid dienone is 1. The highest BCUT2D eigenvalue weighted by molar-refractivity contribution is 9.10. The van der Waals surface area contributed by atoms with Crippen LogP contribution >= 0.6 is 27.5 Å². The first-order valence-electron chi connectivity index (χ1n) is 13.9. The molecular formula is C31H29BrClN5O9. The van der Waals surface area contributed by atoms with Crippen LogP contribution in [0.15, 0.2) is 75.4 Å². The first-order chi connectivity index (χ1) is 22.5. The number of nitrogens with one attached hydrogen (secondary N) is 3. The molecule has 3 N–H and O–H groups in total. The van der Waals surface area contributed by atoms with Gasteiger partial charge in [0.1, 0.15) is 6.61 Å². The minimum atomic E-state index is -0.799. The van der Waals surface area contributed by atoms with Crippen molar-refractivity contribution in [2.75, 3.05) is 20.3 Å². The number of carbonyl (C=O) groups is 3. The molecule has 3 aromatic carbocycles. The molecule has 1 atom stereocenters. The SMILES string of the molecule is CCOC(=O)C1=C(C)NC(=O)N[C@@H]1c1ccc(OCC(=O)N/N=C\c2cc(Cl)c(OCc3ccc([N+](=O)[O-])cc3)c(Br)c2)c(OC)c1. The molecule has 0 unspecified atom stereocenters. The van der Waals surface area contributed by atoms with Crippen molar-refractivity contribution in [3.63, 3.8) is 0 Å². The van der Waals surface area contributed by atoms with Crippen LogP contribution in [-0.4, -0.2) is 49.4 Å². The summed E-state index contributed by atoms with van der Waals surface area (Å²) >= 11 is 9.81. The third-order valence-corrected chi connectivity index (χ3v) is 7.47. The van der Waals surface area contributed by atoms with Gasteiger partial charge in [0.05, 0.1) is 46.0 Å². The highest BCUT2D eigenvalue weighted by atomic mass is 79.9. The van der Waals surface area contributed by atoms with Gasteiger partial charge in [-0.25, -0.2) is 15.0 Å². The standard InChI is InChI=1S/C31H29BrClN5O9/c1-4-45-30(40)27-17(2)35-31(41)36-28(27)20-7-10-24(25(13-20)44-3)46-16-26(39)37-34-14-19-11-22(32)29(23(33)12-19)47-15-18-5-8-21(9-6-18)38(42)43/h5-14,28H,4,15-16H2,1-3H3,(H,37,39)(H2,35,36,41)/b34-14-/t28-/m1/s1. The van der Waals surface area contributed by atoms with E-state index in [-0.39, 0.29) is 41.0 Å². The Balaban J connectivity index is 1.34. The van der Waals surface area contributed by atoms with E-state index in [9.17, 15) is 24.5 Å². The molecule has 0 saturated heterocycles. The van der Waals surface area contributed by atoms with Crippen molar-refractivity contribution in [3.05, 3.63) is 102 Å². The zero-order chi connectivity index (χ0) is 34.1. The number of hydrogen-bond acceptors (Lipinski definition) is 10. The first kappa shape index (κ1) is 34.7. The van der Waals surface area contributed by atoms with Gasteiger partial charge in [-0.2, -0.15) is 5.10 Å². The lowest BCUT2D eigenvalue weighted by atomic mass is 9.95. The van der Waals surface area contributed by atoms with Crippen LogP contribution in [-0.2, 0) is 20.9 Å². The van der Waals surface area contributed by atoms with Crippen molar-refractivity contribution in [1.29, 1.82) is 0 Å². The molecule has 4 rings (SSSR count). The second-order valence-electron chi connectivity index (χ2n) is 9.81. The number of ether oxygens (including phenoxy) is 4. The van der Waals surface area contributed by atoms with Gasteiger partial charge in [0.2, 0.25) is 0 Å². The summed E-state index contributed by atoms with van der Waals surface area (Å²) in [5, 5.41) is 20.3. The topological polar surface area (TPSA) is 180 Å². The van der Waals surface area contributed by atoms with Crippen molar-refractivity contribution in [2.24, 2.45) is 5.10 Å². The number of non-ortho nitro benzene ring substituents is 1. The molecule has 0 saturated carbocycles. The first-order valence-corrected chi connectivity index (χ1v) is 15.1. The lowest BCUT2D eigenvalue weighted by molar-refractivity contribution is -0.384. The van der Waals surface area contributed by atoms with Gasteiger partial charge in [-0.1, -0.05) is 17.7 Å². The van der Waals surface area contributed by atoms with Gasteiger partial charge in [-0.15, -0.1) is 0 Å². The Labute approximate surface area is 282 Å². The fourth-order valence-corrected chi connectivity index (χ4v) is 5.41. The highest BCUT2D eigenvalue weighted by Gasteiger charge is 2.32. The van der Waals surface area contributed by atoms with E-state index < -0.39 is 35.5 Å². The van der Waals surface area contributed by atoms with E-state index in [4.69, 9.17) is 30.5 Å². The van der Waals surface area contributed by atoms with Gasteiger partial charge in [-0.3, -0.25) is 14.9 Å². The Bertz CT molecular complexity index is 1720. The molecule has 1 aliphatic heterocycles.